The SMILES string of the molecule is COc1cccc(C(=O)NCc2nc3ccccc3n2CCOc2cc(C)ccc2C(C)C)c1. The number of carbonyl (C=O) groups excluding carboxylic acids is 1. The highest BCUT2D eigenvalue weighted by molar-refractivity contribution is 5.94. The van der Waals surface area contributed by atoms with Gasteiger partial charge < -0.3 is 19.4 Å². The molecule has 0 radical (unpaired) electrons. The largest absolute Gasteiger partial charge is 0.497 e. The zero-order chi connectivity index (χ0) is 24.1. The molecule has 0 saturated carbocycles. The molecule has 6 nitrogen and oxygen atoms in total. The van der Waals surface area contributed by atoms with Crippen LogP contribution in [0.2, 0.25) is 0 Å². The highest BCUT2D eigenvalue weighted by Crippen LogP contribution is 2.27. The number of hydrogen-bond acceptors (Lipinski definition) is 4. The van der Waals surface area contributed by atoms with Crippen molar-refractivity contribution in [1.29, 1.82) is 0 Å². The van der Waals surface area contributed by atoms with Gasteiger partial charge in [0.05, 0.1) is 31.2 Å². The van der Waals surface area contributed by atoms with Gasteiger partial charge in [-0.2, -0.15) is 0 Å². The minimum Gasteiger partial charge on any atom is -0.497 e. The number of para-hydroxylation sites is 2. The van der Waals surface area contributed by atoms with Crippen molar-refractivity contribution < 1.29 is 14.3 Å². The van der Waals surface area contributed by atoms with Gasteiger partial charge in [0.1, 0.15) is 23.9 Å². The fourth-order valence-electron chi connectivity index (χ4n) is 4.03. The van der Waals surface area contributed by atoms with Crippen molar-refractivity contribution in [3.8, 4) is 11.5 Å². The Morgan fingerprint density at radius 2 is 1.88 bits per heavy atom. The number of rotatable bonds is 9. The Hall–Kier alpha value is -3.80. The highest BCUT2D eigenvalue weighted by Gasteiger charge is 2.14. The minimum atomic E-state index is -0.171. The lowest BCUT2D eigenvalue weighted by Gasteiger charge is -2.16. The maximum Gasteiger partial charge on any atom is 0.251 e. The molecule has 4 aromatic rings. The van der Waals surface area contributed by atoms with Crippen molar-refractivity contribution in [2.45, 2.75) is 39.8 Å². The minimum absolute atomic E-state index is 0.171. The molecule has 0 aliphatic heterocycles. The fourth-order valence-corrected chi connectivity index (χ4v) is 4.03. The number of benzene rings is 3. The first kappa shape index (κ1) is 23.4. The van der Waals surface area contributed by atoms with Gasteiger partial charge in [0.15, 0.2) is 0 Å². The maximum absolute atomic E-state index is 12.7. The molecule has 0 spiro atoms. The van der Waals surface area contributed by atoms with Gasteiger partial charge in [-0.05, 0) is 60.4 Å². The first-order valence-electron chi connectivity index (χ1n) is 11.6. The first-order valence-corrected chi connectivity index (χ1v) is 11.6. The van der Waals surface area contributed by atoms with E-state index in [9.17, 15) is 4.79 Å². The fraction of sp³-hybridized carbons (Fsp3) is 0.286. The molecule has 34 heavy (non-hydrogen) atoms. The lowest BCUT2D eigenvalue weighted by atomic mass is 10.0. The molecule has 0 aliphatic rings. The topological polar surface area (TPSA) is 65.4 Å². The van der Waals surface area contributed by atoms with E-state index in [1.807, 2.05) is 30.3 Å². The summed E-state index contributed by atoms with van der Waals surface area (Å²) >= 11 is 0. The molecule has 0 atom stereocenters. The molecule has 3 aromatic carbocycles. The van der Waals surface area contributed by atoms with E-state index in [1.54, 1.807) is 25.3 Å². The zero-order valence-corrected chi connectivity index (χ0v) is 20.2. The molecule has 0 fully saturated rings. The number of ether oxygens (including phenoxy) is 2. The van der Waals surface area contributed by atoms with Crippen molar-refractivity contribution in [2.75, 3.05) is 13.7 Å². The van der Waals surface area contributed by atoms with Crippen LogP contribution in [0, 0.1) is 6.92 Å². The lowest BCUT2D eigenvalue weighted by molar-refractivity contribution is 0.0949. The summed E-state index contributed by atoms with van der Waals surface area (Å²) in [5.41, 5.74) is 4.84. The van der Waals surface area contributed by atoms with Gasteiger partial charge in [0.25, 0.3) is 5.91 Å². The number of imidazole rings is 1. The number of hydrogen-bond donors (Lipinski definition) is 1. The number of aryl methyl sites for hydroxylation is 1. The van der Waals surface area contributed by atoms with Crippen LogP contribution < -0.4 is 14.8 Å². The standard InChI is InChI=1S/C28H31N3O3/c1-19(2)23-13-12-20(3)16-26(23)34-15-14-31-25-11-6-5-10-24(25)30-27(31)18-29-28(32)21-8-7-9-22(17-21)33-4/h5-13,16-17,19H,14-15,18H2,1-4H3,(H,29,32). The van der Waals surface area contributed by atoms with Crippen LogP contribution in [0.4, 0.5) is 0 Å². The zero-order valence-electron chi connectivity index (χ0n) is 20.2. The molecule has 176 valence electrons. The van der Waals surface area contributed by atoms with Gasteiger partial charge in [0, 0.05) is 5.56 Å². The number of fused-ring (bicyclic) bond motifs is 1. The monoisotopic (exact) mass is 457 g/mol. The average molecular weight is 458 g/mol. The van der Waals surface area contributed by atoms with E-state index < -0.39 is 0 Å². The summed E-state index contributed by atoms with van der Waals surface area (Å²) in [6.07, 6.45) is 0. The van der Waals surface area contributed by atoms with Crippen molar-refractivity contribution in [1.82, 2.24) is 14.9 Å². The van der Waals surface area contributed by atoms with E-state index in [4.69, 9.17) is 14.5 Å². The predicted molar refractivity (Wildman–Crippen MR) is 135 cm³/mol. The molecule has 1 N–H and O–H groups in total. The summed E-state index contributed by atoms with van der Waals surface area (Å²) in [6, 6.07) is 21.5. The normalized spacial score (nSPS) is 11.1. The van der Waals surface area contributed by atoms with Gasteiger partial charge in [-0.3, -0.25) is 4.79 Å². The second kappa shape index (κ2) is 10.4. The van der Waals surface area contributed by atoms with Gasteiger partial charge in [-0.15, -0.1) is 0 Å². The molecule has 1 amide bonds. The van der Waals surface area contributed by atoms with E-state index in [1.165, 1.54) is 11.1 Å². The number of carbonyl (C=O) groups is 1. The van der Waals surface area contributed by atoms with Gasteiger partial charge in [-0.1, -0.05) is 44.2 Å². The highest BCUT2D eigenvalue weighted by atomic mass is 16.5. The van der Waals surface area contributed by atoms with Crippen LogP contribution in [0.5, 0.6) is 11.5 Å². The quantitative estimate of drug-likeness (QED) is 0.361. The van der Waals surface area contributed by atoms with Crippen LogP contribution in [0.15, 0.2) is 66.7 Å². The van der Waals surface area contributed by atoms with Gasteiger partial charge in [-0.25, -0.2) is 4.98 Å². The number of methoxy groups -OCH3 is 1. The van der Waals surface area contributed by atoms with Crippen molar-refractivity contribution in [2.24, 2.45) is 0 Å². The molecule has 0 aliphatic carbocycles. The van der Waals surface area contributed by atoms with Crippen molar-refractivity contribution in [3.05, 3.63) is 89.2 Å². The van der Waals surface area contributed by atoms with Crippen LogP contribution in [-0.4, -0.2) is 29.2 Å². The third kappa shape index (κ3) is 5.22. The smallest absolute Gasteiger partial charge is 0.251 e. The number of aromatic nitrogens is 2. The van der Waals surface area contributed by atoms with E-state index in [0.717, 1.165) is 22.6 Å². The summed E-state index contributed by atoms with van der Waals surface area (Å²) in [4.78, 5) is 17.5. The van der Waals surface area contributed by atoms with E-state index in [2.05, 4.69) is 48.9 Å². The Morgan fingerprint density at radius 3 is 2.68 bits per heavy atom. The second-order valence-corrected chi connectivity index (χ2v) is 8.63. The van der Waals surface area contributed by atoms with Crippen LogP contribution >= 0.6 is 0 Å². The molecule has 1 heterocycles. The molecular weight excluding hydrogens is 426 g/mol. The Labute approximate surface area is 200 Å². The molecule has 0 bridgehead atoms. The van der Waals surface area contributed by atoms with Crippen LogP contribution in [0.1, 0.15) is 47.1 Å². The van der Waals surface area contributed by atoms with Crippen molar-refractivity contribution in [3.63, 3.8) is 0 Å². The van der Waals surface area contributed by atoms with Gasteiger partial charge in [0.2, 0.25) is 0 Å². The average Bonchev–Trinajstić information content (AvgIpc) is 3.20. The van der Waals surface area contributed by atoms with Gasteiger partial charge >= 0.3 is 0 Å². The molecule has 6 heteroatoms. The number of amides is 1. The molecule has 0 unspecified atom stereocenters. The lowest BCUT2D eigenvalue weighted by Crippen LogP contribution is -2.25. The number of nitrogens with one attached hydrogen (secondary N) is 1. The van der Waals surface area contributed by atoms with Crippen LogP contribution in [-0.2, 0) is 13.1 Å². The van der Waals surface area contributed by atoms with E-state index in [0.29, 0.717) is 36.9 Å². The summed E-state index contributed by atoms with van der Waals surface area (Å²) in [5.74, 6) is 2.57. The third-order valence-electron chi connectivity index (χ3n) is 5.84. The van der Waals surface area contributed by atoms with Crippen molar-refractivity contribution >= 4 is 16.9 Å². The summed E-state index contributed by atoms with van der Waals surface area (Å²) in [5, 5.41) is 2.99. The van der Waals surface area contributed by atoms with E-state index >= 15 is 0 Å². The molecule has 0 saturated heterocycles. The Balaban J connectivity index is 1.50. The molecular formula is C28H31N3O3. The molecule has 1 aromatic heterocycles. The summed E-state index contributed by atoms with van der Waals surface area (Å²) in [6.45, 7) is 7.85. The molecule has 4 rings (SSSR count). The van der Waals surface area contributed by atoms with Crippen LogP contribution in [0.3, 0.4) is 0 Å². The third-order valence-corrected chi connectivity index (χ3v) is 5.84. The Morgan fingerprint density at radius 1 is 1.06 bits per heavy atom. The first-order chi connectivity index (χ1) is 16.5. The summed E-state index contributed by atoms with van der Waals surface area (Å²) in [7, 11) is 1.59. The van der Waals surface area contributed by atoms with Crippen LogP contribution in [0.25, 0.3) is 11.0 Å². The maximum atomic E-state index is 12.7. The summed E-state index contributed by atoms with van der Waals surface area (Å²) < 4.78 is 13.6. The Kier molecular flexibility index (Phi) is 7.16. The van der Waals surface area contributed by atoms with E-state index in [-0.39, 0.29) is 5.91 Å². The predicted octanol–water partition coefficient (Wildman–Crippen LogP) is 5.49. The Bertz CT molecular complexity index is 1290. The second-order valence-electron chi connectivity index (χ2n) is 8.63. The number of nitrogens with zero attached hydrogens (tertiary/aromatic N) is 2.